The van der Waals surface area contributed by atoms with Crippen molar-refractivity contribution in [1.29, 1.82) is 0 Å². The van der Waals surface area contributed by atoms with Crippen LogP contribution < -0.4 is 10.6 Å². The van der Waals surface area contributed by atoms with Crippen molar-refractivity contribution < 1.29 is 9.59 Å². The summed E-state index contributed by atoms with van der Waals surface area (Å²) < 4.78 is 0. The number of amides is 3. The van der Waals surface area contributed by atoms with Crippen LogP contribution >= 0.6 is 11.3 Å². The van der Waals surface area contributed by atoms with Crippen molar-refractivity contribution in [3.63, 3.8) is 0 Å². The molecule has 1 fully saturated rings. The maximum atomic E-state index is 12.0. The van der Waals surface area contributed by atoms with E-state index in [9.17, 15) is 9.59 Å². The van der Waals surface area contributed by atoms with Gasteiger partial charge in [0.15, 0.2) is 0 Å². The first-order valence-corrected chi connectivity index (χ1v) is 9.20. The Balaban J connectivity index is 1.36. The molecule has 1 saturated heterocycles. The molecule has 7 heteroatoms. The van der Waals surface area contributed by atoms with Gasteiger partial charge in [0.1, 0.15) is 0 Å². The van der Waals surface area contributed by atoms with E-state index in [1.165, 1.54) is 4.88 Å². The van der Waals surface area contributed by atoms with Crippen molar-refractivity contribution in [2.24, 2.45) is 0 Å². The summed E-state index contributed by atoms with van der Waals surface area (Å²) in [5.74, 6) is -0.278. The minimum Gasteiger partial charge on any atom is -0.308 e. The lowest BCUT2D eigenvalue weighted by Crippen LogP contribution is -2.50. The van der Waals surface area contributed by atoms with Gasteiger partial charge in [-0.3, -0.25) is 19.9 Å². The Morgan fingerprint density at radius 1 is 0.960 bits per heavy atom. The number of carbonyl (C=O) groups is 2. The summed E-state index contributed by atoms with van der Waals surface area (Å²) in [6.45, 7) is 4.74. The van der Waals surface area contributed by atoms with Crippen LogP contribution in [-0.4, -0.2) is 54.5 Å². The van der Waals surface area contributed by atoms with E-state index in [4.69, 9.17) is 0 Å². The zero-order chi connectivity index (χ0) is 17.5. The van der Waals surface area contributed by atoms with Crippen LogP contribution in [0, 0.1) is 0 Å². The van der Waals surface area contributed by atoms with Gasteiger partial charge in [-0.05, 0) is 23.6 Å². The molecule has 6 nitrogen and oxygen atoms in total. The normalized spacial score (nSPS) is 15.7. The summed E-state index contributed by atoms with van der Waals surface area (Å²) in [5, 5.41) is 7.12. The third kappa shape index (κ3) is 5.67. The second-order valence-electron chi connectivity index (χ2n) is 6.00. The molecule has 1 aliphatic heterocycles. The van der Waals surface area contributed by atoms with E-state index in [1.54, 1.807) is 23.5 Å². The number of rotatable bonds is 5. The van der Waals surface area contributed by atoms with E-state index in [0.717, 1.165) is 32.7 Å². The maximum Gasteiger partial charge on any atom is 0.325 e. The predicted octanol–water partition coefficient (Wildman–Crippen LogP) is 2.21. The summed E-state index contributed by atoms with van der Waals surface area (Å²) in [6, 6.07) is 12.8. The third-order valence-electron chi connectivity index (χ3n) is 4.08. The number of anilines is 1. The lowest BCUT2D eigenvalue weighted by Gasteiger charge is -2.33. The maximum absolute atomic E-state index is 12.0. The molecule has 2 aromatic rings. The number of benzene rings is 1. The zero-order valence-electron chi connectivity index (χ0n) is 14.0. The van der Waals surface area contributed by atoms with Gasteiger partial charge in [0.2, 0.25) is 5.91 Å². The second kappa shape index (κ2) is 8.75. The zero-order valence-corrected chi connectivity index (χ0v) is 14.8. The summed E-state index contributed by atoms with van der Waals surface area (Å²) in [7, 11) is 0. The Labute approximate surface area is 151 Å². The molecule has 2 heterocycles. The van der Waals surface area contributed by atoms with Gasteiger partial charge < -0.3 is 5.32 Å². The molecular weight excluding hydrogens is 336 g/mol. The van der Waals surface area contributed by atoms with Gasteiger partial charge in [0.25, 0.3) is 0 Å². The molecule has 3 rings (SSSR count). The Bertz CT molecular complexity index is 682. The highest BCUT2D eigenvalue weighted by molar-refractivity contribution is 7.09. The number of hydrogen-bond donors (Lipinski definition) is 2. The first-order valence-electron chi connectivity index (χ1n) is 8.32. The van der Waals surface area contributed by atoms with Gasteiger partial charge in [0.05, 0.1) is 6.54 Å². The molecule has 1 aliphatic rings. The van der Waals surface area contributed by atoms with Crippen LogP contribution in [0.25, 0.3) is 0 Å². The summed E-state index contributed by atoms with van der Waals surface area (Å²) in [5.41, 5.74) is 0.662. The first kappa shape index (κ1) is 17.6. The number of carbonyl (C=O) groups excluding carboxylic acids is 2. The standard InChI is InChI=1S/C18H22N4O2S/c23-17(20-18(24)19-15-5-2-1-3-6-15)14-22-10-8-21(9-11-22)13-16-7-4-12-25-16/h1-7,12H,8-11,13-14H2,(H2,19,20,23,24). The monoisotopic (exact) mass is 358 g/mol. The largest absolute Gasteiger partial charge is 0.325 e. The quantitative estimate of drug-likeness (QED) is 0.860. The minimum absolute atomic E-state index is 0.245. The van der Waals surface area contributed by atoms with Crippen LogP contribution in [0.3, 0.4) is 0 Å². The van der Waals surface area contributed by atoms with Crippen molar-refractivity contribution >= 4 is 29.0 Å². The molecule has 0 saturated carbocycles. The Morgan fingerprint density at radius 2 is 1.68 bits per heavy atom. The van der Waals surface area contributed by atoms with Gasteiger partial charge in [-0.15, -0.1) is 11.3 Å². The van der Waals surface area contributed by atoms with Crippen molar-refractivity contribution in [2.75, 3.05) is 38.0 Å². The molecule has 132 valence electrons. The average molecular weight is 358 g/mol. The lowest BCUT2D eigenvalue weighted by atomic mass is 10.3. The van der Waals surface area contributed by atoms with Crippen LogP contribution in [-0.2, 0) is 11.3 Å². The number of imide groups is 1. The van der Waals surface area contributed by atoms with E-state index in [-0.39, 0.29) is 12.5 Å². The van der Waals surface area contributed by atoms with Crippen molar-refractivity contribution in [1.82, 2.24) is 15.1 Å². The Hall–Kier alpha value is -2.22. The summed E-state index contributed by atoms with van der Waals surface area (Å²) in [4.78, 5) is 29.7. The van der Waals surface area contributed by atoms with Gasteiger partial charge in [-0.2, -0.15) is 0 Å². The molecule has 0 spiro atoms. The van der Waals surface area contributed by atoms with E-state index in [0.29, 0.717) is 5.69 Å². The minimum atomic E-state index is -0.493. The highest BCUT2D eigenvalue weighted by Crippen LogP contribution is 2.13. The molecule has 0 unspecified atom stereocenters. The van der Waals surface area contributed by atoms with Crippen molar-refractivity contribution in [3.05, 3.63) is 52.7 Å². The number of nitrogens with one attached hydrogen (secondary N) is 2. The van der Waals surface area contributed by atoms with E-state index < -0.39 is 6.03 Å². The fraction of sp³-hybridized carbons (Fsp3) is 0.333. The fourth-order valence-corrected chi connectivity index (χ4v) is 3.53. The molecule has 25 heavy (non-hydrogen) atoms. The molecule has 0 radical (unpaired) electrons. The van der Waals surface area contributed by atoms with Crippen molar-refractivity contribution in [3.8, 4) is 0 Å². The average Bonchev–Trinajstić information content (AvgIpc) is 3.10. The molecule has 0 bridgehead atoms. The second-order valence-corrected chi connectivity index (χ2v) is 7.03. The molecular formula is C18H22N4O2S. The van der Waals surface area contributed by atoms with Gasteiger partial charge in [-0.25, -0.2) is 4.79 Å². The Morgan fingerprint density at radius 3 is 2.36 bits per heavy atom. The molecule has 2 N–H and O–H groups in total. The van der Waals surface area contributed by atoms with Gasteiger partial charge >= 0.3 is 6.03 Å². The smallest absolute Gasteiger partial charge is 0.308 e. The van der Waals surface area contributed by atoms with Crippen LogP contribution in [0.15, 0.2) is 47.8 Å². The van der Waals surface area contributed by atoms with Crippen LogP contribution in [0.4, 0.5) is 10.5 Å². The molecule has 0 aliphatic carbocycles. The van der Waals surface area contributed by atoms with E-state index in [2.05, 4.69) is 37.9 Å². The number of hydrogen-bond acceptors (Lipinski definition) is 5. The third-order valence-corrected chi connectivity index (χ3v) is 4.94. The number of piperazine rings is 1. The number of urea groups is 1. The fourth-order valence-electron chi connectivity index (χ4n) is 2.78. The van der Waals surface area contributed by atoms with E-state index >= 15 is 0 Å². The number of thiophene rings is 1. The Kier molecular flexibility index (Phi) is 6.16. The van der Waals surface area contributed by atoms with Crippen molar-refractivity contribution in [2.45, 2.75) is 6.54 Å². The SMILES string of the molecule is O=C(CN1CCN(Cc2cccs2)CC1)NC(=O)Nc1ccccc1. The van der Waals surface area contributed by atoms with E-state index in [1.807, 2.05) is 18.2 Å². The van der Waals surface area contributed by atoms with Crippen LogP contribution in [0.2, 0.25) is 0 Å². The van der Waals surface area contributed by atoms with Gasteiger partial charge in [0, 0.05) is 43.3 Å². The molecule has 1 aromatic heterocycles. The highest BCUT2D eigenvalue weighted by atomic mass is 32.1. The molecule has 3 amide bonds. The number of nitrogens with zero attached hydrogens (tertiary/aromatic N) is 2. The highest BCUT2D eigenvalue weighted by Gasteiger charge is 2.20. The lowest BCUT2D eigenvalue weighted by molar-refractivity contribution is -0.121. The molecule has 1 aromatic carbocycles. The predicted molar refractivity (Wildman–Crippen MR) is 99.6 cm³/mol. The first-order chi connectivity index (χ1) is 12.2. The number of para-hydroxylation sites is 1. The molecule has 0 atom stereocenters. The summed E-state index contributed by atoms with van der Waals surface area (Å²) in [6.07, 6.45) is 0. The summed E-state index contributed by atoms with van der Waals surface area (Å²) >= 11 is 1.77. The van der Waals surface area contributed by atoms with Crippen LogP contribution in [0.1, 0.15) is 4.88 Å². The van der Waals surface area contributed by atoms with Crippen LogP contribution in [0.5, 0.6) is 0 Å². The topological polar surface area (TPSA) is 64.7 Å². The van der Waals surface area contributed by atoms with Gasteiger partial charge in [-0.1, -0.05) is 24.3 Å².